The molecule has 0 bridgehead atoms. The van der Waals surface area contributed by atoms with E-state index in [4.69, 9.17) is 15.3 Å². The van der Waals surface area contributed by atoms with Gasteiger partial charge in [0.05, 0.1) is 0 Å². The van der Waals surface area contributed by atoms with E-state index in [2.05, 4.69) is 16.4 Å². The number of carbonyl (C=O) groups is 2. The fourth-order valence-corrected chi connectivity index (χ4v) is 0.773. The van der Waals surface area contributed by atoms with Gasteiger partial charge in [-0.15, -0.1) is 0 Å². The van der Waals surface area contributed by atoms with Gasteiger partial charge in [-0.3, -0.25) is 0 Å². The Morgan fingerprint density at radius 1 is 1.19 bits per heavy atom. The van der Waals surface area contributed by atoms with Crippen molar-refractivity contribution in [3.05, 3.63) is 55.5 Å². The first kappa shape index (κ1) is 32.5. The number of aliphatic hydroxyl groups excluding tert-OH is 2. The van der Waals surface area contributed by atoms with Crippen LogP contribution in [0.25, 0.3) is 0 Å². The van der Waals surface area contributed by atoms with Crippen molar-refractivity contribution in [2.45, 2.75) is 33.7 Å². The Morgan fingerprint density at radius 3 is 1.92 bits per heavy atom. The second-order valence-electron chi connectivity index (χ2n) is 4.14. The summed E-state index contributed by atoms with van der Waals surface area (Å²) in [6, 6.07) is 0. The van der Waals surface area contributed by atoms with Crippen molar-refractivity contribution in [3.63, 3.8) is 0 Å². The summed E-state index contributed by atoms with van der Waals surface area (Å²) in [6.07, 6.45) is 10.9. The maximum Gasteiger partial charge on any atom is 0.333 e. The molecule has 0 aromatic carbocycles. The Labute approximate surface area is 181 Å². The minimum Gasteiger partial charge on any atom is -0.478 e. The fraction of sp³-hybridized carbons (Fsp3) is 0.389. The maximum absolute atomic E-state index is 10.7. The molecule has 0 spiro atoms. The normalized spacial score (nSPS) is 16.0. The summed E-state index contributed by atoms with van der Waals surface area (Å²) in [5.74, 6) is -1.60. The molecule has 147 valence electrons. The first-order chi connectivity index (χ1) is 11.4. The maximum atomic E-state index is 10.7. The van der Waals surface area contributed by atoms with Gasteiger partial charge in [0.15, 0.2) is 0 Å². The molecule has 1 heterocycles. The molecule has 1 rings (SSSR count). The number of esters is 1. The van der Waals surface area contributed by atoms with Gasteiger partial charge < -0.3 is 31.7 Å². The Morgan fingerprint density at radius 2 is 1.62 bits per heavy atom. The summed E-state index contributed by atoms with van der Waals surface area (Å²) in [5.41, 5.74) is 0. The molecule has 1 saturated heterocycles. The number of carboxylic acid groups (broad SMARTS) is 1. The first-order valence-corrected chi connectivity index (χ1v) is 7.13. The van der Waals surface area contributed by atoms with E-state index in [-0.39, 0.29) is 40.1 Å². The molecular formula is C18H29O7Y-. The van der Waals surface area contributed by atoms with Crippen LogP contribution in [0.1, 0.15) is 21.3 Å². The molecule has 1 aliphatic rings. The van der Waals surface area contributed by atoms with Crippen molar-refractivity contribution in [1.29, 1.82) is 0 Å². The summed E-state index contributed by atoms with van der Waals surface area (Å²) in [5, 5.41) is 24.9. The van der Waals surface area contributed by atoms with Crippen LogP contribution in [0.5, 0.6) is 0 Å². The Bertz CT molecular complexity index is 452. The van der Waals surface area contributed by atoms with Gasteiger partial charge in [-0.1, -0.05) is 43.9 Å². The van der Waals surface area contributed by atoms with E-state index < -0.39 is 24.8 Å². The largest absolute Gasteiger partial charge is 0.478 e. The molecule has 0 aromatic rings. The number of aliphatic hydroxyl groups is 2. The Kier molecular flexibility index (Phi) is 29.9. The van der Waals surface area contributed by atoms with E-state index in [1.54, 1.807) is 31.2 Å². The smallest absolute Gasteiger partial charge is 0.333 e. The number of aliphatic carboxylic acids is 1. The van der Waals surface area contributed by atoms with E-state index in [9.17, 15) is 9.59 Å². The molecule has 1 radical (unpaired) electrons. The van der Waals surface area contributed by atoms with Gasteiger partial charge in [0.1, 0.15) is 6.61 Å². The third-order valence-corrected chi connectivity index (χ3v) is 1.89. The molecule has 0 aliphatic carbocycles. The zero-order chi connectivity index (χ0) is 18.8. The van der Waals surface area contributed by atoms with E-state index in [0.717, 1.165) is 18.8 Å². The minimum absolute atomic E-state index is 0. The standard InChI is InChI=1S/C8H12O4.C6H8O2.C3H5O.CH4.Y/c1-2-3-4-5-7(10)12-8(11)6-9;1-2-3-4-5-6(7)8;1-3-2-4-3;;/h2-5,8-9,11H,6H2,1H3;2-5H,1H3,(H,7,8);3H,1-2H2;1H4;/q;;-1;;/b2*3-2+,5-4+;;;. The van der Waals surface area contributed by atoms with Crippen LogP contribution in [-0.2, 0) is 51.8 Å². The number of carboxylic acids is 1. The van der Waals surface area contributed by atoms with E-state index in [1.165, 1.54) is 12.2 Å². The zero-order valence-corrected chi connectivity index (χ0v) is 17.3. The molecule has 3 N–H and O–H groups in total. The van der Waals surface area contributed by atoms with Crippen LogP contribution in [0.15, 0.2) is 48.6 Å². The molecule has 7 nitrogen and oxygen atoms in total. The quantitative estimate of drug-likeness (QED) is 0.143. The van der Waals surface area contributed by atoms with Crippen LogP contribution in [0.4, 0.5) is 0 Å². The number of allylic oxidation sites excluding steroid dienone is 6. The van der Waals surface area contributed by atoms with Gasteiger partial charge in [-0.25, -0.2) is 9.59 Å². The van der Waals surface area contributed by atoms with Gasteiger partial charge >= 0.3 is 11.9 Å². The predicted molar refractivity (Wildman–Crippen MR) is 96.6 cm³/mol. The zero-order valence-electron chi connectivity index (χ0n) is 14.4. The van der Waals surface area contributed by atoms with Crippen LogP contribution in [0, 0.1) is 6.92 Å². The first-order valence-electron chi connectivity index (χ1n) is 7.13. The van der Waals surface area contributed by atoms with Crippen molar-refractivity contribution < 1.29 is 67.1 Å². The molecule has 1 fully saturated rings. The summed E-state index contributed by atoms with van der Waals surface area (Å²) in [6.45, 7) is 7.44. The molecule has 1 aliphatic heterocycles. The molecule has 8 heteroatoms. The summed E-state index contributed by atoms with van der Waals surface area (Å²) in [4.78, 5) is 20.4. The number of epoxide rings is 1. The number of rotatable bonds is 6. The summed E-state index contributed by atoms with van der Waals surface area (Å²) < 4.78 is 8.89. The Hall–Kier alpha value is -1.12. The van der Waals surface area contributed by atoms with Gasteiger partial charge in [0.2, 0.25) is 6.29 Å². The van der Waals surface area contributed by atoms with E-state index in [0.29, 0.717) is 6.10 Å². The molecule has 0 saturated carbocycles. The van der Waals surface area contributed by atoms with Gasteiger partial charge in [-0.05, 0) is 20.0 Å². The monoisotopic (exact) mass is 446 g/mol. The van der Waals surface area contributed by atoms with Crippen LogP contribution in [-0.4, -0.2) is 52.9 Å². The second kappa shape index (κ2) is 23.9. The third-order valence-electron chi connectivity index (χ3n) is 1.89. The fourth-order valence-electron chi connectivity index (χ4n) is 0.773. The van der Waals surface area contributed by atoms with Gasteiger partial charge in [-0.2, -0.15) is 0 Å². The number of carbonyl (C=O) groups excluding carboxylic acids is 1. The second-order valence-corrected chi connectivity index (χ2v) is 4.14. The van der Waals surface area contributed by atoms with Crippen LogP contribution >= 0.6 is 0 Å². The van der Waals surface area contributed by atoms with Crippen LogP contribution in [0.3, 0.4) is 0 Å². The van der Waals surface area contributed by atoms with E-state index >= 15 is 0 Å². The van der Waals surface area contributed by atoms with Crippen LogP contribution < -0.4 is 0 Å². The number of hydrogen-bond acceptors (Lipinski definition) is 6. The molecule has 2 atom stereocenters. The average molecular weight is 446 g/mol. The molecule has 0 amide bonds. The van der Waals surface area contributed by atoms with Gasteiger partial charge in [0.25, 0.3) is 0 Å². The molecule has 26 heavy (non-hydrogen) atoms. The van der Waals surface area contributed by atoms with Gasteiger partial charge in [0, 0.05) is 51.5 Å². The predicted octanol–water partition coefficient (Wildman–Crippen LogP) is 2.03. The molecular weight excluding hydrogens is 417 g/mol. The third kappa shape index (κ3) is 34.3. The van der Waals surface area contributed by atoms with Crippen molar-refractivity contribution in [2.24, 2.45) is 0 Å². The molecule has 0 aromatic heterocycles. The number of hydrogen-bond donors (Lipinski definition) is 3. The minimum atomic E-state index is -1.44. The van der Waals surface area contributed by atoms with Crippen molar-refractivity contribution >= 4 is 11.9 Å². The Balaban J connectivity index is -0.000000149. The van der Waals surface area contributed by atoms with E-state index in [1.807, 2.05) is 6.92 Å². The molecule has 2 unspecified atom stereocenters. The summed E-state index contributed by atoms with van der Waals surface area (Å²) in [7, 11) is 0. The van der Waals surface area contributed by atoms with Crippen LogP contribution in [0.2, 0.25) is 0 Å². The number of ether oxygens (including phenoxy) is 2. The summed E-state index contributed by atoms with van der Waals surface area (Å²) >= 11 is 0. The van der Waals surface area contributed by atoms with Crippen molar-refractivity contribution in [3.8, 4) is 0 Å². The SMILES string of the molecule is C.C/C=C/C=C/C(=O)O.C/C=C/C=C/C(=O)OC(O)CO.[CH2-]C1CO1.[Y]. The van der Waals surface area contributed by atoms with Crippen molar-refractivity contribution in [1.82, 2.24) is 0 Å². The topological polar surface area (TPSA) is 117 Å². The average Bonchev–Trinajstić information content (AvgIpc) is 3.31. The van der Waals surface area contributed by atoms with Crippen molar-refractivity contribution in [2.75, 3.05) is 13.2 Å².